The topological polar surface area (TPSA) is 55.1 Å². The van der Waals surface area contributed by atoms with Crippen LogP contribution in [-0.2, 0) is 17.6 Å². The molecule has 1 fully saturated rings. The van der Waals surface area contributed by atoms with Gasteiger partial charge < -0.3 is 11.1 Å². The summed E-state index contributed by atoms with van der Waals surface area (Å²) in [5.74, 6) is 0.724. The second-order valence-electron chi connectivity index (χ2n) is 5.98. The van der Waals surface area contributed by atoms with Crippen molar-refractivity contribution in [1.29, 1.82) is 0 Å². The van der Waals surface area contributed by atoms with Crippen LogP contribution in [0.25, 0.3) is 0 Å². The van der Waals surface area contributed by atoms with Gasteiger partial charge >= 0.3 is 0 Å². The summed E-state index contributed by atoms with van der Waals surface area (Å²) in [6.45, 7) is 0. The fourth-order valence-corrected chi connectivity index (χ4v) is 3.01. The normalized spacial score (nSPS) is 23.5. The van der Waals surface area contributed by atoms with Crippen LogP contribution in [0.15, 0.2) is 24.3 Å². The lowest BCUT2D eigenvalue weighted by Crippen LogP contribution is -2.41. The Kier molecular flexibility index (Phi) is 3.56. The first-order valence-electron chi connectivity index (χ1n) is 7.34. The van der Waals surface area contributed by atoms with Crippen molar-refractivity contribution < 1.29 is 4.79 Å². The average molecular weight is 258 g/mol. The molecule has 0 saturated heterocycles. The highest BCUT2D eigenvalue weighted by molar-refractivity contribution is 5.77. The largest absolute Gasteiger partial charge is 0.353 e. The minimum Gasteiger partial charge on any atom is -0.353 e. The van der Waals surface area contributed by atoms with E-state index in [2.05, 4.69) is 29.6 Å². The summed E-state index contributed by atoms with van der Waals surface area (Å²) in [6, 6.07) is 8.88. The van der Waals surface area contributed by atoms with Gasteiger partial charge in [-0.15, -0.1) is 0 Å². The summed E-state index contributed by atoms with van der Waals surface area (Å²) in [5.41, 5.74) is 8.81. The lowest BCUT2D eigenvalue weighted by molar-refractivity contribution is -0.122. The molecule has 3 N–H and O–H groups in total. The number of nitrogens with two attached hydrogens (primary N) is 1. The van der Waals surface area contributed by atoms with Gasteiger partial charge in [0.2, 0.25) is 5.91 Å². The van der Waals surface area contributed by atoms with E-state index in [0.29, 0.717) is 12.3 Å². The van der Waals surface area contributed by atoms with Crippen molar-refractivity contribution in [2.45, 2.75) is 50.6 Å². The predicted molar refractivity (Wildman–Crippen MR) is 75.7 cm³/mol. The molecule has 2 atom stereocenters. The zero-order valence-corrected chi connectivity index (χ0v) is 11.3. The smallest absolute Gasteiger partial charge is 0.221 e. The van der Waals surface area contributed by atoms with Gasteiger partial charge in [0.15, 0.2) is 0 Å². The van der Waals surface area contributed by atoms with Gasteiger partial charge in [-0.3, -0.25) is 4.79 Å². The highest BCUT2D eigenvalue weighted by atomic mass is 16.1. The third-order valence-corrected chi connectivity index (χ3v) is 4.36. The summed E-state index contributed by atoms with van der Waals surface area (Å²) in [4.78, 5) is 12.0. The Morgan fingerprint density at radius 1 is 1.26 bits per heavy atom. The molecule has 0 aliphatic heterocycles. The van der Waals surface area contributed by atoms with Gasteiger partial charge in [0, 0.05) is 18.5 Å². The molecule has 2 aliphatic carbocycles. The van der Waals surface area contributed by atoms with Crippen LogP contribution < -0.4 is 11.1 Å². The number of fused-ring (bicyclic) bond motifs is 1. The van der Waals surface area contributed by atoms with Crippen LogP contribution in [0.5, 0.6) is 0 Å². The molecule has 19 heavy (non-hydrogen) atoms. The maximum absolute atomic E-state index is 12.0. The Bertz CT molecular complexity index is 468. The highest BCUT2D eigenvalue weighted by Gasteiger charge is 2.30. The monoisotopic (exact) mass is 258 g/mol. The second kappa shape index (κ2) is 5.33. The van der Waals surface area contributed by atoms with Crippen LogP contribution >= 0.6 is 0 Å². The maximum Gasteiger partial charge on any atom is 0.221 e. The molecule has 0 aromatic heterocycles. The molecule has 102 valence electrons. The van der Waals surface area contributed by atoms with Gasteiger partial charge in [-0.05, 0) is 49.1 Å². The predicted octanol–water partition coefficient (Wildman–Crippen LogP) is 1.79. The molecule has 2 unspecified atom stereocenters. The van der Waals surface area contributed by atoms with Crippen LogP contribution in [-0.4, -0.2) is 18.0 Å². The second-order valence-corrected chi connectivity index (χ2v) is 5.98. The van der Waals surface area contributed by atoms with E-state index in [1.807, 2.05) is 0 Å². The number of nitrogens with one attached hydrogen (secondary N) is 1. The highest BCUT2D eigenvalue weighted by Crippen LogP contribution is 2.32. The van der Waals surface area contributed by atoms with E-state index >= 15 is 0 Å². The van der Waals surface area contributed by atoms with Crippen molar-refractivity contribution in [3.63, 3.8) is 0 Å². The fourth-order valence-electron chi connectivity index (χ4n) is 3.01. The van der Waals surface area contributed by atoms with E-state index in [4.69, 9.17) is 5.73 Å². The van der Waals surface area contributed by atoms with E-state index in [0.717, 1.165) is 19.3 Å². The first kappa shape index (κ1) is 12.7. The van der Waals surface area contributed by atoms with E-state index in [-0.39, 0.29) is 18.0 Å². The van der Waals surface area contributed by atoms with Gasteiger partial charge in [0.1, 0.15) is 0 Å². The van der Waals surface area contributed by atoms with Crippen LogP contribution in [0.1, 0.15) is 36.8 Å². The quantitative estimate of drug-likeness (QED) is 0.865. The van der Waals surface area contributed by atoms with E-state index in [1.54, 1.807) is 0 Å². The molecule has 3 nitrogen and oxygen atoms in total. The summed E-state index contributed by atoms with van der Waals surface area (Å²) in [6.07, 6.45) is 5.96. The summed E-state index contributed by atoms with van der Waals surface area (Å²) in [5, 5.41) is 3.15. The van der Waals surface area contributed by atoms with Crippen molar-refractivity contribution in [3.8, 4) is 0 Å². The summed E-state index contributed by atoms with van der Waals surface area (Å²) in [7, 11) is 0. The van der Waals surface area contributed by atoms with E-state index in [1.165, 1.54) is 24.0 Å². The Hall–Kier alpha value is -1.35. The molecular formula is C16H22N2O. The molecule has 0 radical (unpaired) electrons. The molecule has 1 aromatic carbocycles. The number of hydrogen-bond acceptors (Lipinski definition) is 2. The molecule has 1 saturated carbocycles. The summed E-state index contributed by atoms with van der Waals surface area (Å²) < 4.78 is 0. The average Bonchev–Trinajstić information content (AvgIpc) is 3.22. The van der Waals surface area contributed by atoms with Crippen LogP contribution in [0.4, 0.5) is 0 Å². The van der Waals surface area contributed by atoms with Gasteiger partial charge in [-0.25, -0.2) is 0 Å². The first-order chi connectivity index (χ1) is 9.22. The molecular weight excluding hydrogens is 236 g/mol. The zero-order valence-electron chi connectivity index (χ0n) is 11.3. The lowest BCUT2D eigenvalue weighted by atomic mass is 9.88. The first-order valence-corrected chi connectivity index (χ1v) is 7.34. The summed E-state index contributed by atoms with van der Waals surface area (Å²) >= 11 is 0. The Morgan fingerprint density at radius 3 is 2.74 bits per heavy atom. The van der Waals surface area contributed by atoms with Crippen molar-refractivity contribution in [2.75, 3.05) is 0 Å². The van der Waals surface area contributed by atoms with Crippen LogP contribution in [0.2, 0.25) is 0 Å². The number of amides is 1. The zero-order chi connectivity index (χ0) is 13.2. The molecule has 1 aromatic rings. The van der Waals surface area contributed by atoms with Gasteiger partial charge in [0.25, 0.3) is 0 Å². The Balaban J connectivity index is 1.52. The van der Waals surface area contributed by atoms with Crippen LogP contribution in [0, 0.1) is 5.92 Å². The minimum atomic E-state index is 0.0656. The SMILES string of the molecule is NC(CC(=O)NC1CCc2ccccc2C1)C1CC1. The number of carbonyl (C=O) groups is 1. The molecule has 1 amide bonds. The minimum absolute atomic E-state index is 0.0656. The number of carbonyl (C=O) groups excluding carboxylic acids is 1. The van der Waals surface area contributed by atoms with Crippen LogP contribution in [0.3, 0.4) is 0 Å². The standard InChI is InChI=1S/C16H22N2O/c17-15(12-5-6-12)10-16(19)18-14-8-7-11-3-1-2-4-13(11)9-14/h1-4,12,14-15H,5-10,17H2,(H,18,19). The molecule has 0 heterocycles. The fraction of sp³-hybridized carbons (Fsp3) is 0.562. The maximum atomic E-state index is 12.0. The Labute approximate surface area is 114 Å². The molecule has 0 bridgehead atoms. The lowest BCUT2D eigenvalue weighted by Gasteiger charge is -2.26. The number of hydrogen-bond donors (Lipinski definition) is 2. The number of rotatable bonds is 4. The van der Waals surface area contributed by atoms with Crippen molar-refractivity contribution in [1.82, 2.24) is 5.32 Å². The van der Waals surface area contributed by atoms with Gasteiger partial charge in [-0.1, -0.05) is 24.3 Å². The van der Waals surface area contributed by atoms with Crippen molar-refractivity contribution in [2.24, 2.45) is 11.7 Å². The van der Waals surface area contributed by atoms with E-state index < -0.39 is 0 Å². The third kappa shape index (κ3) is 3.16. The van der Waals surface area contributed by atoms with Gasteiger partial charge in [0.05, 0.1) is 0 Å². The number of aryl methyl sites for hydroxylation is 1. The molecule has 0 spiro atoms. The van der Waals surface area contributed by atoms with Crippen molar-refractivity contribution >= 4 is 5.91 Å². The van der Waals surface area contributed by atoms with Crippen molar-refractivity contribution in [3.05, 3.63) is 35.4 Å². The van der Waals surface area contributed by atoms with E-state index in [9.17, 15) is 4.79 Å². The third-order valence-electron chi connectivity index (χ3n) is 4.36. The molecule has 2 aliphatic rings. The van der Waals surface area contributed by atoms with Gasteiger partial charge in [-0.2, -0.15) is 0 Å². The number of benzene rings is 1. The molecule has 3 rings (SSSR count). The Morgan fingerprint density at radius 2 is 2.00 bits per heavy atom. The molecule has 3 heteroatoms.